The fourth-order valence-electron chi connectivity index (χ4n) is 1.99. The van der Waals surface area contributed by atoms with Crippen molar-refractivity contribution in [2.45, 2.75) is 19.3 Å². The Bertz CT molecular complexity index is 498. The Labute approximate surface area is 130 Å². The van der Waals surface area contributed by atoms with Crippen LogP contribution in [0.25, 0.3) is 10.9 Å². The molecule has 110 valence electrons. The van der Waals surface area contributed by atoms with Crippen LogP contribution in [0.4, 0.5) is 0 Å². The monoisotopic (exact) mass is 299 g/mol. The molecule has 0 unspecified atom stereocenters. The molecule has 3 heterocycles. The van der Waals surface area contributed by atoms with Crippen LogP contribution in [-0.2, 0) is 0 Å². The van der Waals surface area contributed by atoms with E-state index in [-0.39, 0.29) is 0 Å². The molecule has 1 fully saturated rings. The summed E-state index contributed by atoms with van der Waals surface area (Å²) in [6, 6.07) is 12.1. The highest BCUT2D eigenvalue weighted by molar-refractivity contribution is 7.07. The molecule has 1 aliphatic rings. The molecular formula is C17H21N3S. The number of rotatable bonds is 0. The van der Waals surface area contributed by atoms with Crippen LogP contribution in [0.3, 0.4) is 0 Å². The maximum atomic E-state index is 4.18. The van der Waals surface area contributed by atoms with Crippen molar-refractivity contribution in [1.82, 2.24) is 15.3 Å². The number of para-hydroxylation sites is 1. The van der Waals surface area contributed by atoms with Crippen LogP contribution >= 0.6 is 11.3 Å². The normalized spacial score (nSPS) is 13.5. The highest BCUT2D eigenvalue weighted by Crippen LogP contribution is 2.07. The zero-order chi connectivity index (χ0) is 14.6. The standard InChI is InChI=1S/C9H7N.C5H11N.C3H3NS/c1-2-6-9-8(4-1)5-3-7-10-9;1-2-4-6-5-3-1;1-2-5-3-4-1/h1-7H;6H,1-5H2;1-3H. The predicted molar refractivity (Wildman–Crippen MR) is 90.6 cm³/mol. The fraction of sp³-hybridized carbons (Fsp3) is 0.294. The van der Waals surface area contributed by atoms with Gasteiger partial charge in [0.2, 0.25) is 0 Å². The molecule has 4 heteroatoms. The zero-order valence-electron chi connectivity index (χ0n) is 12.1. The maximum absolute atomic E-state index is 4.18. The van der Waals surface area contributed by atoms with E-state index in [9.17, 15) is 0 Å². The molecule has 3 nitrogen and oxygen atoms in total. The number of benzene rings is 1. The Morgan fingerprint density at radius 2 is 1.71 bits per heavy atom. The molecule has 1 N–H and O–H groups in total. The second kappa shape index (κ2) is 10.0. The number of thiazole rings is 1. The van der Waals surface area contributed by atoms with Gasteiger partial charge in [0, 0.05) is 23.2 Å². The topological polar surface area (TPSA) is 37.8 Å². The molecular weight excluding hydrogens is 278 g/mol. The Morgan fingerprint density at radius 1 is 0.905 bits per heavy atom. The minimum absolute atomic E-state index is 1.06. The Balaban J connectivity index is 0.000000126. The predicted octanol–water partition coefficient (Wildman–Crippen LogP) is 4.14. The first-order valence-corrected chi connectivity index (χ1v) is 8.24. The second-order valence-corrected chi connectivity index (χ2v) is 5.44. The second-order valence-electron chi connectivity index (χ2n) is 4.68. The number of hydrogen-bond donors (Lipinski definition) is 1. The minimum atomic E-state index is 1.06. The third-order valence-corrected chi connectivity index (χ3v) is 3.59. The van der Waals surface area contributed by atoms with E-state index in [0.29, 0.717) is 0 Å². The number of hydrogen-bond acceptors (Lipinski definition) is 4. The Hall–Kier alpha value is -1.78. The van der Waals surface area contributed by atoms with Crippen molar-refractivity contribution in [2.75, 3.05) is 13.1 Å². The molecule has 21 heavy (non-hydrogen) atoms. The average molecular weight is 299 g/mol. The first-order chi connectivity index (χ1) is 10.5. The number of nitrogens with zero attached hydrogens (tertiary/aromatic N) is 2. The molecule has 0 radical (unpaired) electrons. The van der Waals surface area contributed by atoms with Crippen molar-refractivity contribution in [2.24, 2.45) is 0 Å². The molecule has 4 rings (SSSR count). The molecule has 0 spiro atoms. The van der Waals surface area contributed by atoms with Gasteiger partial charge in [-0.2, -0.15) is 0 Å². The summed E-state index contributed by atoms with van der Waals surface area (Å²) < 4.78 is 0. The first-order valence-electron chi connectivity index (χ1n) is 7.29. The van der Waals surface area contributed by atoms with Gasteiger partial charge in [0.1, 0.15) is 0 Å². The largest absolute Gasteiger partial charge is 0.317 e. The average Bonchev–Trinajstić information content (AvgIpc) is 3.17. The molecule has 3 aromatic rings. The van der Waals surface area contributed by atoms with Crippen LogP contribution < -0.4 is 5.32 Å². The van der Waals surface area contributed by atoms with Crippen molar-refractivity contribution in [3.8, 4) is 0 Å². The van der Waals surface area contributed by atoms with Gasteiger partial charge < -0.3 is 5.32 Å². The Kier molecular flexibility index (Phi) is 7.45. The zero-order valence-corrected chi connectivity index (χ0v) is 12.9. The van der Waals surface area contributed by atoms with Gasteiger partial charge in [0.25, 0.3) is 0 Å². The van der Waals surface area contributed by atoms with Gasteiger partial charge in [-0.25, -0.2) is 0 Å². The lowest BCUT2D eigenvalue weighted by Gasteiger charge is -2.08. The first kappa shape index (κ1) is 15.6. The number of aromatic nitrogens is 2. The summed E-state index contributed by atoms with van der Waals surface area (Å²) in [6.07, 6.45) is 7.79. The third kappa shape index (κ3) is 6.47. The van der Waals surface area contributed by atoms with Gasteiger partial charge in [-0.15, -0.1) is 11.3 Å². The van der Waals surface area contributed by atoms with E-state index in [1.54, 1.807) is 23.0 Å². The van der Waals surface area contributed by atoms with Crippen LogP contribution in [-0.4, -0.2) is 23.1 Å². The number of piperidine rings is 1. The van der Waals surface area contributed by atoms with Gasteiger partial charge in [-0.1, -0.05) is 30.7 Å². The van der Waals surface area contributed by atoms with Crippen molar-refractivity contribution < 1.29 is 0 Å². The molecule has 0 bridgehead atoms. The summed E-state index contributed by atoms with van der Waals surface area (Å²) in [4.78, 5) is 7.92. The van der Waals surface area contributed by atoms with Crippen LogP contribution in [0.1, 0.15) is 19.3 Å². The van der Waals surface area contributed by atoms with Gasteiger partial charge in [-0.3, -0.25) is 9.97 Å². The minimum Gasteiger partial charge on any atom is -0.317 e. The molecule has 1 aliphatic heterocycles. The SMILES string of the molecule is C1CCNCC1.c1ccc2ncccc2c1.c1cscn1. The van der Waals surface area contributed by atoms with Gasteiger partial charge in [0.15, 0.2) is 0 Å². The number of pyridine rings is 1. The van der Waals surface area contributed by atoms with E-state index < -0.39 is 0 Å². The van der Waals surface area contributed by atoms with E-state index in [2.05, 4.69) is 27.4 Å². The highest BCUT2D eigenvalue weighted by Gasteiger charge is 1.93. The Morgan fingerprint density at radius 3 is 2.24 bits per heavy atom. The van der Waals surface area contributed by atoms with Crippen LogP contribution in [0, 0.1) is 0 Å². The lowest BCUT2D eigenvalue weighted by molar-refractivity contribution is 0.520. The van der Waals surface area contributed by atoms with Crippen LogP contribution in [0.15, 0.2) is 59.7 Å². The number of fused-ring (bicyclic) bond motifs is 1. The van der Waals surface area contributed by atoms with E-state index in [1.165, 1.54) is 37.7 Å². The van der Waals surface area contributed by atoms with E-state index >= 15 is 0 Å². The van der Waals surface area contributed by atoms with Gasteiger partial charge in [-0.05, 0) is 38.1 Å². The van der Waals surface area contributed by atoms with Crippen LogP contribution in [0.2, 0.25) is 0 Å². The summed E-state index contributed by atoms with van der Waals surface area (Å²) in [5, 5.41) is 6.41. The van der Waals surface area contributed by atoms with Crippen LogP contribution in [0.5, 0.6) is 0 Å². The molecule has 1 aromatic carbocycles. The molecule has 0 atom stereocenters. The molecule has 1 saturated heterocycles. The summed E-state index contributed by atoms with van der Waals surface area (Å²) in [5.74, 6) is 0. The highest BCUT2D eigenvalue weighted by atomic mass is 32.1. The lowest BCUT2D eigenvalue weighted by atomic mass is 10.2. The maximum Gasteiger partial charge on any atom is 0.0791 e. The summed E-state index contributed by atoms with van der Waals surface area (Å²) >= 11 is 1.60. The quantitative estimate of drug-likeness (QED) is 0.678. The van der Waals surface area contributed by atoms with E-state index in [4.69, 9.17) is 0 Å². The molecule has 0 amide bonds. The fourth-order valence-corrected chi connectivity index (χ4v) is 2.34. The molecule has 0 aliphatic carbocycles. The number of nitrogens with one attached hydrogen (secondary N) is 1. The summed E-state index contributed by atoms with van der Waals surface area (Å²) in [5.41, 5.74) is 2.85. The van der Waals surface area contributed by atoms with Gasteiger partial charge in [0.05, 0.1) is 11.0 Å². The van der Waals surface area contributed by atoms with E-state index in [0.717, 1.165) is 5.52 Å². The van der Waals surface area contributed by atoms with Crippen molar-refractivity contribution >= 4 is 22.2 Å². The van der Waals surface area contributed by atoms with Crippen molar-refractivity contribution in [3.63, 3.8) is 0 Å². The molecule has 2 aromatic heterocycles. The van der Waals surface area contributed by atoms with E-state index in [1.807, 2.05) is 35.8 Å². The summed E-state index contributed by atoms with van der Waals surface area (Å²) in [7, 11) is 0. The molecule has 0 saturated carbocycles. The smallest absolute Gasteiger partial charge is 0.0791 e. The van der Waals surface area contributed by atoms with Crippen molar-refractivity contribution in [3.05, 3.63) is 59.7 Å². The summed E-state index contributed by atoms with van der Waals surface area (Å²) in [6.45, 7) is 2.50. The van der Waals surface area contributed by atoms with Gasteiger partial charge >= 0.3 is 0 Å². The lowest BCUT2D eigenvalue weighted by Crippen LogP contribution is -2.21. The third-order valence-electron chi connectivity index (χ3n) is 3.07. The van der Waals surface area contributed by atoms with Crippen molar-refractivity contribution in [1.29, 1.82) is 0 Å².